The Morgan fingerprint density at radius 3 is 2.75 bits per heavy atom. The second-order valence-electron chi connectivity index (χ2n) is 2.81. The van der Waals surface area contributed by atoms with Crippen LogP contribution in [0.15, 0.2) is 23.8 Å². The molecule has 0 saturated heterocycles. The molecule has 2 aliphatic carbocycles. The number of hydrogen-bond acceptors (Lipinski definition) is 0. The van der Waals surface area contributed by atoms with Gasteiger partial charge < -0.3 is 24.8 Å². The van der Waals surface area contributed by atoms with Gasteiger partial charge in [0.15, 0.2) is 0 Å². The summed E-state index contributed by atoms with van der Waals surface area (Å²) in [5.41, 5.74) is 1.58. The summed E-state index contributed by atoms with van der Waals surface area (Å²) in [4.78, 5) is 0. The van der Waals surface area contributed by atoms with Crippen LogP contribution in [-0.2, 0) is 17.4 Å². The van der Waals surface area contributed by atoms with Gasteiger partial charge in [-0.25, -0.2) is 18.1 Å². The Balaban J connectivity index is 0. The zero-order chi connectivity index (χ0) is 6.10. The Morgan fingerprint density at radius 1 is 1.33 bits per heavy atom. The smallest absolute Gasteiger partial charge is 1.00 e. The number of allylic oxidation sites excluding steroid dienone is 4. The zero-order valence-corrected chi connectivity index (χ0v) is 9.46. The largest absolute Gasteiger partial charge is 3.00 e. The Labute approximate surface area is 97.4 Å². The van der Waals surface area contributed by atoms with E-state index in [0.29, 0.717) is 0 Å². The minimum Gasteiger partial charge on any atom is -1.00 e. The Kier molecular flexibility index (Phi) is 8.63. The summed E-state index contributed by atoms with van der Waals surface area (Å²) < 4.78 is 0. The average Bonchev–Trinajstić information content (AvgIpc) is 2.33. The van der Waals surface area contributed by atoms with Crippen LogP contribution in [-0.4, -0.2) is 0 Å². The normalized spacial score (nSPS) is 23.3. The van der Waals surface area contributed by atoms with Gasteiger partial charge in [0.25, 0.3) is 0 Å². The van der Waals surface area contributed by atoms with Gasteiger partial charge in [-0.2, -0.15) is 0 Å². The van der Waals surface area contributed by atoms with Gasteiger partial charge in [-0.15, -0.1) is 18.6 Å². The van der Waals surface area contributed by atoms with E-state index >= 15 is 0 Å². The molecule has 1 radical (unpaired) electrons. The van der Waals surface area contributed by atoms with Gasteiger partial charge in [-0.1, -0.05) is 6.42 Å². The molecule has 0 N–H and O–H groups in total. The van der Waals surface area contributed by atoms with Crippen LogP contribution < -0.4 is 24.8 Å². The fourth-order valence-corrected chi connectivity index (χ4v) is 1.66. The number of rotatable bonds is 0. The molecule has 0 nitrogen and oxygen atoms in total. The molecule has 3 heteroatoms. The van der Waals surface area contributed by atoms with E-state index in [4.69, 9.17) is 0 Å². The van der Waals surface area contributed by atoms with Crippen molar-refractivity contribution in [2.75, 3.05) is 0 Å². The van der Waals surface area contributed by atoms with Crippen molar-refractivity contribution in [3.63, 3.8) is 0 Å². The van der Waals surface area contributed by atoms with E-state index < -0.39 is 0 Å². The predicted molar refractivity (Wildman–Crippen MR) is 38.9 cm³/mol. The van der Waals surface area contributed by atoms with Crippen molar-refractivity contribution >= 4 is 0 Å². The van der Waals surface area contributed by atoms with Crippen LogP contribution in [0.25, 0.3) is 0 Å². The van der Waals surface area contributed by atoms with Crippen LogP contribution >= 0.6 is 0 Å². The van der Waals surface area contributed by atoms with Crippen LogP contribution in [0.4, 0.5) is 0 Å². The summed E-state index contributed by atoms with van der Waals surface area (Å²) in [6, 6.07) is 0. The molecular formula is C9H11Cl2Cr. The summed E-state index contributed by atoms with van der Waals surface area (Å²) in [5.74, 6) is 0.884. The Bertz CT molecular complexity index is 175. The summed E-state index contributed by atoms with van der Waals surface area (Å²) in [6.45, 7) is 0. The molecule has 12 heavy (non-hydrogen) atoms. The molecule has 1 atom stereocenters. The SMILES string of the molecule is C1=CCC2CC[CH-]C2=C1.[Cl-].[Cl-].[Cr+3]. The molecule has 0 aromatic carbocycles. The average molecular weight is 242 g/mol. The Morgan fingerprint density at radius 2 is 2.08 bits per heavy atom. The minimum atomic E-state index is 0. The molecule has 1 unspecified atom stereocenters. The van der Waals surface area contributed by atoms with Crippen molar-refractivity contribution in [1.29, 1.82) is 0 Å². The van der Waals surface area contributed by atoms with Gasteiger partial charge in [0.05, 0.1) is 0 Å². The van der Waals surface area contributed by atoms with Gasteiger partial charge in [0.1, 0.15) is 0 Å². The summed E-state index contributed by atoms with van der Waals surface area (Å²) in [6.07, 6.45) is 13.0. The fourth-order valence-electron chi connectivity index (χ4n) is 1.66. The van der Waals surface area contributed by atoms with E-state index in [0.717, 1.165) is 5.92 Å². The quantitative estimate of drug-likeness (QED) is 0.387. The monoisotopic (exact) mass is 241 g/mol. The zero-order valence-electron chi connectivity index (χ0n) is 6.67. The third kappa shape index (κ3) is 3.07. The molecule has 1 fully saturated rings. The molecular weight excluding hydrogens is 231 g/mol. The van der Waals surface area contributed by atoms with Crippen molar-refractivity contribution in [2.45, 2.75) is 19.3 Å². The molecule has 67 valence electrons. The first-order chi connectivity index (χ1) is 4.47. The van der Waals surface area contributed by atoms with E-state index in [1.807, 2.05) is 0 Å². The van der Waals surface area contributed by atoms with Crippen molar-refractivity contribution in [3.05, 3.63) is 30.2 Å². The number of halogens is 2. The molecule has 0 aromatic rings. The van der Waals surface area contributed by atoms with Crippen molar-refractivity contribution in [3.8, 4) is 0 Å². The van der Waals surface area contributed by atoms with Gasteiger partial charge in [0.2, 0.25) is 0 Å². The fraction of sp³-hybridized carbons (Fsp3) is 0.444. The summed E-state index contributed by atoms with van der Waals surface area (Å²) >= 11 is 0. The van der Waals surface area contributed by atoms with Crippen LogP contribution in [0.1, 0.15) is 19.3 Å². The first kappa shape index (κ1) is 15.0. The third-order valence-corrected chi connectivity index (χ3v) is 2.21. The third-order valence-electron chi connectivity index (χ3n) is 2.21. The maximum absolute atomic E-state index is 2.37. The van der Waals surface area contributed by atoms with Gasteiger partial charge >= 0.3 is 17.4 Å². The van der Waals surface area contributed by atoms with Crippen LogP contribution in [0.3, 0.4) is 0 Å². The summed E-state index contributed by atoms with van der Waals surface area (Å²) in [7, 11) is 0. The Hall–Kier alpha value is 0.462. The molecule has 0 aromatic heterocycles. The maximum atomic E-state index is 2.37. The molecule has 2 rings (SSSR count). The number of fused-ring (bicyclic) bond motifs is 1. The van der Waals surface area contributed by atoms with E-state index in [9.17, 15) is 0 Å². The van der Waals surface area contributed by atoms with E-state index in [-0.39, 0.29) is 42.2 Å². The molecule has 1 saturated carbocycles. The minimum absolute atomic E-state index is 0. The van der Waals surface area contributed by atoms with Gasteiger partial charge in [-0.05, 0) is 12.3 Å². The second-order valence-corrected chi connectivity index (χ2v) is 2.81. The molecule has 0 heterocycles. The van der Waals surface area contributed by atoms with Gasteiger partial charge in [0, 0.05) is 0 Å². The van der Waals surface area contributed by atoms with Crippen LogP contribution in [0, 0.1) is 12.3 Å². The maximum Gasteiger partial charge on any atom is 3.00 e. The van der Waals surface area contributed by atoms with Gasteiger partial charge in [-0.3, -0.25) is 0 Å². The van der Waals surface area contributed by atoms with Crippen molar-refractivity contribution in [2.24, 2.45) is 5.92 Å². The summed E-state index contributed by atoms with van der Waals surface area (Å²) in [5, 5.41) is 0. The first-order valence-electron chi connectivity index (χ1n) is 3.67. The molecule has 2 aliphatic rings. The number of hydrogen-bond donors (Lipinski definition) is 0. The molecule has 0 aliphatic heterocycles. The molecule has 0 amide bonds. The van der Waals surface area contributed by atoms with Crippen LogP contribution in [0.5, 0.6) is 0 Å². The van der Waals surface area contributed by atoms with Crippen molar-refractivity contribution < 1.29 is 42.2 Å². The molecule has 0 spiro atoms. The standard InChI is InChI=1S/C9H11.2ClH.Cr/c1-2-5-9-7-3-6-8(9)4-1;;;/h1-2,4,6,9H,3,5,7H2;2*1H;/q-1;;;+3/p-2. The van der Waals surface area contributed by atoms with E-state index in [1.165, 1.54) is 19.3 Å². The topological polar surface area (TPSA) is 0 Å². The second kappa shape index (κ2) is 6.92. The predicted octanol–water partition coefficient (Wildman–Crippen LogP) is -3.51. The van der Waals surface area contributed by atoms with Crippen molar-refractivity contribution in [1.82, 2.24) is 0 Å². The van der Waals surface area contributed by atoms with E-state index in [1.54, 1.807) is 5.57 Å². The van der Waals surface area contributed by atoms with E-state index in [2.05, 4.69) is 24.6 Å². The first-order valence-corrected chi connectivity index (χ1v) is 3.67. The molecule has 0 bridgehead atoms. The van der Waals surface area contributed by atoms with Crippen LogP contribution in [0.2, 0.25) is 0 Å².